The molecule has 0 amide bonds. The normalized spacial score (nSPS) is 24.4. The maximum atomic E-state index is 5.83. The molecule has 1 aromatic rings. The van der Waals surface area contributed by atoms with E-state index in [0.29, 0.717) is 25.4 Å². The van der Waals surface area contributed by atoms with Gasteiger partial charge in [-0.05, 0) is 37.1 Å². The molecular weight excluding hydrogens is 264 g/mol. The van der Waals surface area contributed by atoms with Crippen molar-refractivity contribution in [3.8, 4) is 17.6 Å². The summed E-state index contributed by atoms with van der Waals surface area (Å²) in [6.45, 7) is 4.17. The third kappa shape index (κ3) is 3.98. The zero-order valence-electron chi connectivity index (χ0n) is 12.3. The number of likely N-dealkylation sites (tertiary alicyclic amines) is 1. The van der Waals surface area contributed by atoms with Crippen molar-refractivity contribution in [1.29, 1.82) is 0 Å². The summed E-state index contributed by atoms with van der Waals surface area (Å²) < 4.78 is 11.6. The average Bonchev–Trinajstić information content (AvgIpc) is 2.85. The topological polar surface area (TPSA) is 47.7 Å². The van der Waals surface area contributed by atoms with Crippen LogP contribution < -0.4 is 10.5 Å². The van der Waals surface area contributed by atoms with E-state index < -0.39 is 0 Å². The number of nitrogens with two attached hydrogens (primary N) is 1. The standard InChI is InChI=1S/C17H22N2O2/c18-9-1-2-14-3-5-15(6-4-14)20-11-10-19-12-16-7-8-17(13-19)21-16/h3-6,16-17H,7-13,18H2. The van der Waals surface area contributed by atoms with Gasteiger partial charge in [-0.25, -0.2) is 0 Å². The van der Waals surface area contributed by atoms with Crippen molar-refractivity contribution in [3.05, 3.63) is 29.8 Å². The van der Waals surface area contributed by atoms with E-state index in [2.05, 4.69) is 16.7 Å². The van der Waals surface area contributed by atoms with Gasteiger partial charge in [0.1, 0.15) is 12.4 Å². The van der Waals surface area contributed by atoms with E-state index >= 15 is 0 Å². The highest BCUT2D eigenvalue weighted by atomic mass is 16.5. The van der Waals surface area contributed by atoms with E-state index in [4.69, 9.17) is 15.2 Å². The van der Waals surface area contributed by atoms with Crippen molar-refractivity contribution in [2.45, 2.75) is 25.0 Å². The number of fused-ring (bicyclic) bond motifs is 2. The van der Waals surface area contributed by atoms with E-state index in [1.165, 1.54) is 12.8 Å². The fourth-order valence-electron chi connectivity index (χ4n) is 2.96. The second-order valence-electron chi connectivity index (χ2n) is 5.60. The highest BCUT2D eigenvalue weighted by Crippen LogP contribution is 2.25. The van der Waals surface area contributed by atoms with Crippen molar-refractivity contribution in [1.82, 2.24) is 4.90 Å². The number of rotatable bonds is 4. The lowest BCUT2D eigenvalue weighted by molar-refractivity contribution is -0.0408. The number of ether oxygens (including phenoxy) is 2. The molecule has 0 spiro atoms. The molecule has 2 saturated heterocycles. The van der Waals surface area contributed by atoms with Gasteiger partial charge in [0.15, 0.2) is 0 Å². The summed E-state index contributed by atoms with van der Waals surface area (Å²) in [6, 6.07) is 7.85. The lowest BCUT2D eigenvalue weighted by atomic mass is 10.2. The molecule has 0 aliphatic carbocycles. The van der Waals surface area contributed by atoms with Gasteiger partial charge >= 0.3 is 0 Å². The Labute approximate surface area is 126 Å². The van der Waals surface area contributed by atoms with Gasteiger partial charge in [0, 0.05) is 25.2 Å². The van der Waals surface area contributed by atoms with Gasteiger partial charge in [-0.1, -0.05) is 11.8 Å². The van der Waals surface area contributed by atoms with Crippen LogP contribution in [0.1, 0.15) is 18.4 Å². The molecule has 0 aromatic heterocycles. The number of nitrogens with zero attached hydrogens (tertiary/aromatic N) is 1. The molecule has 2 aliphatic heterocycles. The predicted octanol–water partition coefficient (Wildman–Crippen LogP) is 1.24. The van der Waals surface area contributed by atoms with Crippen molar-refractivity contribution in [3.63, 3.8) is 0 Å². The van der Waals surface area contributed by atoms with Crippen LogP contribution in [0.25, 0.3) is 0 Å². The van der Waals surface area contributed by atoms with Crippen LogP contribution in [0, 0.1) is 11.8 Å². The molecule has 4 nitrogen and oxygen atoms in total. The molecule has 2 atom stereocenters. The van der Waals surface area contributed by atoms with Gasteiger partial charge in [-0.3, -0.25) is 4.90 Å². The monoisotopic (exact) mass is 286 g/mol. The van der Waals surface area contributed by atoms with E-state index in [1.807, 2.05) is 24.3 Å². The zero-order chi connectivity index (χ0) is 14.5. The van der Waals surface area contributed by atoms with Gasteiger partial charge < -0.3 is 15.2 Å². The van der Waals surface area contributed by atoms with Crippen molar-refractivity contribution in [2.24, 2.45) is 5.73 Å². The minimum atomic E-state index is 0.389. The molecule has 2 N–H and O–H groups in total. The molecule has 2 fully saturated rings. The quantitative estimate of drug-likeness (QED) is 0.846. The van der Waals surface area contributed by atoms with Crippen molar-refractivity contribution < 1.29 is 9.47 Å². The van der Waals surface area contributed by atoms with Gasteiger partial charge in [-0.15, -0.1) is 0 Å². The number of benzene rings is 1. The van der Waals surface area contributed by atoms with Crippen molar-refractivity contribution in [2.75, 3.05) is 32.8 Å². The second kappa shape index (κ2) is 6.95. The molecule has 1 aromatic carbocycles. The van der Waals surface area contributed by atoms with Gasteiger partial charge in [0.25, 0.3) is 0 Å². The number of hydrogen-bond acceptors (Lipinski definition) is 4. The Morgan fingerprint density at radius 3 is 2.57 bits per heavy atom. The number of morpholine rings is 1. The van der Waals surface area contributed by atoms with Crippen molar-refractivity contribution >= 4 is 0 Å². The molecule has 2 bridgehead atoms. The van der Waals surface area contributed by atoms with E-state index in [1.54, 1.807) is 0 Å². The van der Waals surface area contributed by atoms with Gasteiger partial charge in [0.2, 0.25) is 0 Å². The largest absolute Gasteiger partial charge is 0.492 e. The third-order valence-electron chi connectivity index (χ3n) is 3.98. The first-order valence-electron chi connectivity index (χ1n) is 7.63. The zero-order valence-corrected chi connectivity index (χ0v) is 12.3. The molecule has 4 heteroatoms. The molecule has 3 rings (SSSR count). The Bertz CT molecular complexity index is 506. The molecule has 0 radical (unpaired) electrons. The summed E-state index contributed by atoms with van der Waals surface area (Å²) in [5, 5.41) is 0. The highest BCUT2D eigenvalue weighted by molar-refractivity contribution is 5.38. The van der Waals surface area contributed by atoms with Crippen LogP contribution in [0.2, 0.25) is 0 Å². The van der Waals surface area contributed by atoms with Crippen LogP contribution in [0.3, 0.4) is 0 Å². The Balaban J connectivity index is 1.43. The first-order chi connectivity index (χ1) is 10.3. The SMILES string of the molecule is NCC#Cc1ccc(OCCN2CC3CCC(C2)O3)cc1. The lowest BCUT2D eigenvalue weighted by Crippen LogP contribution is -2.44. The summed E-state index contributed by atoms with van der Waals surface area (Å²) in [7, 11) is 0. The molecule has 2 aliphatic rings. The first kappa shape index (κ1) is 14.4. The predicted molar refractivity (Wildman–Crippen MR) is 82.2 cm³/mol. The third-order valence-corrected chi connectivity index (χ3v) is 3.98. The Morgan fingerprint density at radius 1 is 1.19 bits per heavy atom. The van der Waals surface area contributed by atoms with Crippen LogP contribution in [0.4, 0.5) is 0 Å². The van der Waals surface area contributed by atoms with Crippen LogP contribution in [0.15, 0.2) is 24.3 Å². The molecular formula is C17H22N2O2. The Kier molecular flexibility index (Phi) is 4.76. The fraction of sp³-hybridized carbons (Fsp3) is 0.529. The van der Waals surface area contributed by atoms with E-state index in [-0.39, 0.29) is 0 Å². The van der Waals surface area contributed by atoms with E-state index in [0.717, 1.165) is 30.9 Å². The summed E-state index contributed by atoms with van der Waals surface area (Å²) in [5.74, 6) is 6.74. The summed E-state index contributed by atoms with van der Waals surface area (Å²) in [6.07, 6.45) is 3.33. The Morgan fingerprint density at radius 2 is 1.90 bits per heavy atom. The van der Waals surface area contributed by atoms with Crippen LogP contribution in [-0.2, 0) is 4.74 Å². The smallest absolute Gasteiger partial charge is 0.119 e. The molecule has 112 valence electrons. The lowest BCUT2D eigenvalue weighted by Gasteiger charge is -2.31. The molecule has 21 heavy (non-hydrogen) atoms. The number of hydrogen-bond donors (Lipinski definition) is 1. The maximum Gasteiger partial charge on any atom is 0.119 e. The van der Waals surface area contributed by atoms with Gasteiger partial charge in [0.05, 0.1) is 18.8 Å². The molecule has 2 heterocycles. The summed E-state index contributed by atoms with van der Waals surface area (Å²) >= 11 is 0. The van der Waals surface area contributed by atoms with Crippen LogP contribution in [0.5, 0.6) is 5.75 Å². The van der Waals surface area contributed by atoms with Crippen LogP contribution in [-0.4, -0.2) is 49.9 Å². The maximum absolute atomic E-state index is 5.83. The summed E-state index contributed by atoms with van der Waals surface area (Å²) in [4.78, 5) is 2.45. The summed E-state index contributed by atoms with van der Waals surface area (Å²) in [5.41, 5.74) is 6.32. The minimum Gasteiger partial charge on any atom is -0.492 e. The second-order valence-corrected chi connectivity index (χ2v) is 5.60. The van der Waals surface area contributed by atoms with E-state index in [9.17, 15) is 0 Å². The Hall–Kier alpha value is -1.54. The van der Waals surface area contributed by atoms with Crippen LogP contribution >= 0.6 is 0 Å². The minimum absolute atomic E-state index is 0.389. The fourth-order valence-corrected chi connectivity index (χ4v) is 2.96. The first-order valence-corrected chi connectivity index (χ1v) is 7.63. The molecule has 2 unspecified atom stereocenters. The highest BCUT2D eigenvalue weighted by Gasteiger charge is 2.33. The average molecular weight is 286 g/mol. The van der Waals surface area contributed by atoms with Gasteiger partial charge in [-0.2, -0.15) is 0 Å². The molecule has 0 saturated carbocycles.